The molecule has 0 fully saturated rings. The molecule has 0 aliphatic rings. The van der Waals surface area contributed by atoms with Gasteiger partial charge < -0.3 is 0 Å². The molecular weight excluding hydrogens is 125 g/mol. The Hall–Kier alpha value is 0.221. The summed E-state index contributed by atoms with van der Waals surface area (Å²) in [7, 11) is 0. The molecular formula is H4BeCrO4. The molecule has 0 rings (SSSR count). The fraction of sp³-hybridized carbons (Fsp3) is 0. The first-order valence-electron chi connectivity index (χ1n) is 0.698. The van der Waals surface area contributed by atoms with Gasteiger partial charge in [0.25, 0.3) is 0 Å². The van der Waals surface area contributed by atoms with Gasteiger partial charge in [-0.2, -0.15) is 0 Å². The molecule has 4 nitrogen and oxygen atoms in total. The Balaban J connectivity index is 0. The average Bonchev–Trinajstić information content (AvgIpc) is 0.722. The van der Waals surface area contributed by atoms with Gasteiger partial charge in [0, 0.05) is 0 Å². The SMILES string of the molecule is [BeH2].[O]=[Cr](=[O])([OH])[OH]. The van der Waals surface area contributed by atoms with Crippen molar-refractivity contribution in [3.05, 3.63) is 0 Å². The van der Waals surface area contributed by atoms with E-state index in [1.54, 1.807) is 0 Å². The van der Waals surface area contributed by atoms with Gasteiger partial charge in [-0.15, -0.1) is 0 Å². The predicted molar refractivity (Wildman–Crippen MR) is 14.4 cm³/mol. The summed E-state index contributed by atoms with van der Waals surface area (Å²) in [6.07, 6.45) is 0. The molecule has 0 aliphatic heterocycles. The van der Waals surface area contributed by atoms with E-state index in [1.165, 1.54) is 0 Å². The molecule has 0 saturated carbocycles. The third-order valence-electron chi connectivity index (χ3n) is 0. The summed E-state index contributed by atoms with van der Waals surface area (Å²) in [4.78, 5) is 0. The molecule has 0 bridgehead atoms. The van der Waals surface area contributed by atoms with Crippen LogP contribution in [-0.4, -0.2) is 18.4 Å². The molecule has 0 aromatic heterocycles. The van der Waals surface area contributed by atoms with Gasteiger partial charge in [0.1, 0.15) is 0 Å². The van der Waals surface area contributed by atoms with Gasteiger partial charge in [-0.05, 0) is 0 Å². The van der Waals surface area contributed by atoms with E-state index >= 15 is 0 Å². The number of hydrogen-bond donors (Lipinski definition) is 2. The second-order valence-electron chi connectivity index (χ2n) is 0.448. The Labute approximate surface area is 40.4 Å². The van der Waals surface area contributed by atoms with E-state index in [2.05, 4.69) is 0 Å². The summed E-state index contributed by atoms with van der Waals surface area (Å²) in [6, 6.07) is 0. The van der Waals surface area contributed by atoms with E-state index in [9.17, 15) is 0 Å². The van der Waals surface area contributed by atoms with Gasteiger partial charge >= 0.3 is 39.7 Å². The van der Waals surface area contributed by atoms with Crippen molar-refractivity contribution in [2.75, 3.05) is 0 Å². The molecule has 2 N–H and O–H groups in total. The van der Waals surface area contributed by atoms with Crippen LogP contribution in [0.1, 0.15) is 0 Å². The summed E-state index contributed by atoms with van der Waals surface area (Å²) in [5.41, 5.74) is 0. The first-order valence-corrected chi connectivity index (χ1v) is 2.88. The zero-order chi connectivity index (χ0) is 4.50. The van der Waals surface area contributed by atoms with Crippen molar-refractivity contribution in [3.8, 4) is 0 Å². The first-order chi connectivity index (χ1) is 2.00. The van der Waals surface area contributed by atoms with Crippen molar-refractivity contribution in [2.24, 2.45) is 0 Å². The molecule has 36 valence electrons. The minimum absolute atomic E-state index is 0. The summed E-state index contributed by atoms with van der Waals surface area (Å²) in [5.74, 6) is 0. The summed E-state index contributed by atoms with van der Waals surface area (Å²) in [5, 5.41) is 0. The molecule has 0 heterocycles. The molecule has 0 atom stereocenters. The average molecular weight is 129 g/mol. The van der Waals surface area contributed by atoms with Crippen LogP contribution in [0.2, 0.25) is 0 Å². The van der Waals surface area contributed by atoms with E-state index in [-0.39, 0.29) is 10.1 Å². The number of hydrogen-bond acceptors (Lipinski definition) is 2. The van der Waals surface area contributed by atoms with Crippen LogP contribution < -0.4 is 0 Å². The van der Waals surface area contributed by atoms with Crippen LogP contribution in [0, 0.1) is 0 Å². The van der Waals surface area contributed by atoms with Gasteiger partial charge in [-0.25, -0.2) is 0 Å². The zero-order valence-electron chi connectivity index (χ0n) is 2.12. The topological polar surface area (TPSA) is 74.6 Å². The predicted octanol–water partition coefficient (Wildman–Crippen LogP) is -2.27. The van der Waals surface area contributed by atoms with Gasteiger partial charge in [0.15, 0.2) is 0 Å². The Morgan fingerprint density at radius 2 is 1.17 bits per heavy atom. The Morgan fingerprint density at radius 3 is 1.17 bits per heavy atom. The van der Waals surface area contributed by atoms with Gasteiger partial charge in [-0.3, -0.25) is 0 Å². The van der Waals surface area contributed by atoms with Crippen molar-refractivity contribution in [1.82, 2.24) is 0 Å². The molecule has 0 aromatic carbocycles. The fourth-order valence-corrected chi connectivity index (χ4v) is 0. The van der Waals surface area contributed by atoms with Crippen LogP contribution in [0.3, 0.4) is 0 Å². The molecule has 6 heavy (non-hydrogen) atoms. The maximum atomic E-state index is 8.82. The van der Waals surface area contributed by atoms with E-state index in [0.29, 0.717) is 0 Å². The molecule has 0 radical (unpaired) electrons. The number of rotatable bonds is 0. The monoisotopic (exact) mass is 129 g/mol. The second-order valence-corrected chi connectivity index (χ2v) is 1.85. The third kappa shape index (κ3) is 894. The summed E-state index contributed by atoms with van der Waals surface area (Å²) < 4.78 is 31.9. The Kier molecular flexibility index (Phi) is 3.81. The second kappa shape index (κ2) is 2.40. The summed E-state index contributed by atoms with van der Waals surface area (Å²) >= 11 is -5.25. The van der Waals surface area contributed by atoms with Crippen LogP contribution >= 0.6 is 0 Å². The van der Waals surface area contributed by atoms with Crippen molar-refractivity contribution < 1.29 is 29.5 Å². The molecule has 0 saturated heterocycles. The van der Waals surface area contributed by atoms with Crippen LogP contribution in [0.15, 0.2) is 0 Å². The van der Waals surface area contributed by atoms with Crippen LogP contribution in [0.25, 0.3) is 0 Å². The minimum atomic E-state index is -5.25. The summed E-state index contributed by atoms with van der Waals surface area (Å²) in [6.45, 7) is 0. The quantitative estimate of drug-likeness (QED) is 0.361. The molecule has 0 aliphatic carbocycles. The molecule has 0 spiro atoms. The van der Waals surface area contributed by atoms with Gasteiger partial charge in [-0.1, -0.05) is 0 Å². The Bertz CT molecular complexity index is 90.7. The molecule has 0 unspecified atom stereocenters. The van der Waals surface area contributed by atoms with Crippen LogP contribution in [-0.2, 0) is 21.2 Å². The van der Waals surface area contributed by atoms with Crippen molar-refractivity contribution in [3.63, 3.8) is 0 Å². The maximum absolute atomic E-state index is 8.82. The zero-order valence-corrected chi connectivity index (χ0v) is 3.39. The van der Waals surface area contributed by atoms with Crippen molar-refractivity contribution >= 4 is 10.1 Å². The van der Waals surface area contributed by atoms with Gasteiger partial charge in [0.2, 0.25) is 0 Å². The normalized spacial score (nSPS) is 9.67. The van der Waals surface area contributed by atoms with E-state index < -0.39 is 13.6 Å². The Morgan fingerprint density at radius 1 is 1.17 bits per heavy atom. The molecule has 6 heteroatoms. The standard InChI is InChI=1S/Be.Cr.2H2O.2O.2H/h;;2*1H2;;;;/q;+2;;;;;;/p-2. The van der Waals surface area contributed by atoms with Gasteiger partial charge in [0.05, 0.1) is 0 Å². The van der Waals surface area contributed by atoms with Crippen molar-refractivity contribution in [2.45, 2.75) is 0 Å². The van der Waals surface area contributed by atoms with E-state index in [0.717, 1.165) is 0 Å². The van der Waals surface area contributed by atoms with E-state index in [4.69, 9.17) is 15.9 Å². The van der Waals surface area contributed by atoms with E-state index in [1.807, 2.05) is 0 Å². The molecule has 0 aromatic rings. The third-order valence-corrected chi connectivity index (χ3v) is 0. The van der Waals surface area contributed by atoms with Crippen molar-refractivity contribution in [1.29, 1.82) is 0 Å². The first kappa shape index (κ1) is 9.52. The van der Waals surface area contributed by atoms with Crippen LogP contribution in [0.5, 0.6) is 0 Å². The fourth-order valence-electron chi connectivity index (χ4n) is 0. The molecule has 0 amide bonds. The van der Waals surface area contributed by atoms with Crippen LogP contribution in [0.4, 0.5) is 0 Å².